The second-order valence-electron chi connectivity index (χ2n) is 7.96. The van der Waals surface area contributed by atoms with E-state index < -0.39 is 0 Å². The van der Waals surface area contributed by atoms with Gasteiger partial charge in [0.1, 0.15) is 0 Å². The molecule has 0 radical (unpaired) electrons. The molecule has 3 aromatic rings. The summed E-state index contributed by atoms with van der Waals surface area (Å²) in [5.74, 6) is -0.107. The van der Waals surface area contributed by atoms with Gasteiger partial charge in [0.05, 0.1) is 17.4 Å². The Labute approximate surface area is 169 Å². The number of pyridine rings is 1. The summed E-state index contributed by atoms with van der Waals surface area (Å²) in [4.78, 5) is 19.7. The number of carbonyl (C=O) groups excluding carboxylic acids is 1. The lowest BCUT2D eigenvalue weighted by Crippen LogP contribution is -2.42. The lowest BCUT2D eigenvalue weighted by Gasteiger charge is -2.23. The van der Waals surface area contributed by atoms with Crippen molar-refractivity contribution < 1.29 is 4.79 Å². The number of hydrogen-bond acceptors (Lipinski definition) is 5. The van der Waals surface area contributed by atoms with Crippen LogP contribution in [0.5, 0.6) is 0 Å². The van der Waals surface area contributed by atoms with Gasteiger partial charge in [-0.25, -0.2) is 0 Å². The van der Waals surface area contributed by atoms with Crippen molar-refractivity contribution >= 4 is 22.5 Å². The summed E-state index contributed by atoms with van der Waals surface area (Å²) < 4.78 is 0. The second-order valence-corrected chi connectivity index (χ2v) is 7.96. The fourth-order valence-electron chi connectivity index (χ4n) is 4.32. The molecule has 29 heavy (non-hydrogen) atoms. The number of aromatic amines is 1. The molecule has 0 atom stereocenters. The van der Waals surface area contributed by atoms with Crippen molar-refractivity contribution in [3.05, 3.63) is 42.4 Å². The number of piperidine rings is 1. The van der Waals surface area contributed by atoms with E-state index in [0.29, 0.717) is 5.69 Å². The van der Waals surface area contributed by atoms with Gasteiger partial charge in [-0.3, -0.25) is 14.9 Å². The third kappa shape index (κ3) is 3.70. The van der Waals surface area contributed by atoms with Crippen LogP contribution in [0.1, 0.15) is 36.2 Å². The number of anilines is 1. The largest absolute Gasteiger partial charge is 0.370 e. The molecule has 2 aliphatic rings. The summed E-state index contributed by atoms with van der Waals surface area (Å²) in [5, 5.41) is 14.6. The molecular formula is C22H26N6O. The van der Waals surface area contributed by atoms with Crippen molar-refractivity contribution in [2.45, 2.75) is 31.7 Å². The van der Waals surface area contributed by atoms with Gasteiger partial charge >= 0.3 is 0 Å². The molecule has 150 valence electrons. The van der Waals surface area contributed by atoms with Crippen LogP contribution in [0.2, 0.25) is 0 Å². The number of hydrogen-bond donors (Lipinski definition) is 3. The summed E-state index contributed by atoms with van der Waals surface area (Å²) in [7, 11) is 0. The zero-order chi connectivity index (χ0) is 19.6. The fourth-order valence-corrected chi connectivity index (χ4v) is 4.32. The topological polar surface area (TPSA) is 85.9 Å². The number of aromatic nitrogens is 3. The van der Waals surface area contributed by atoms with Crippen molar-refractivity contribution in [1.29, 1.82) is 0 Å². The van der Waals surface area contributed by atoms with E-state index in [-0.39, 0.29) is 11.9 Å². The normalized spacial score (nSPS) is 17.7. The van der Waals surface area contributed by atoms with E-state index >= 15 is 0 Å². The maximum absolute atomic E-state index is 12.8. The first-order valence-corrected chi connectivity index (χ1v) is 10.5. The zero-order valence-corrected chi connectivity index (χ0v) is 16.4. The summed E-state index contributed by atoms with van der Waals surface area (Å²) in [6.45, 7) is 4.06. The van der Waals surface area contributed by atoms with E-state index in [1.807, 2.05) is 24.5 Å². The van der Waals surface area contributed by atoms with Crippen LogP contribution in [0.4, 0.5) is 5.69 Å². The van der Waals surface area contributed by atoms with Gasteiger partial charge in [0.15, 0.2) is 5.69 Å². The van der Waals surface area contributed by atoms with Crippen LogP contribution in [0, 0.1) is 0 Å². The van der Waals surface area contributed by atoms with Gasteiger partial charge in [0, 0.05) is 36.3 Å². The van der Waals surface area contributed by atoms with E-state index in [1.165, 1.54) is 12.8 Å². The Morgan fingerprint density at radius 3 is 2.72 bits per heavy atom. The molecule has 7 nitrogen and oxygen atoms in total. The van der Waals surface area contributed by atoms with Crippen LogP contribution in [-0.2, 0) is 0 Å². The second kappa shape index (κ2) is 7.83. The van der Waals surface area contributed by atoms with E-state index in [2.05, 4.69) is 42.8 Å². The minimum Gasteiger partial charge on any atom is -0.370 e. The number of amides is 1. The van der Waals surface area contributed by atoms with Gasteiger partial charge in [-0.2, -0.15) is 5.10 Å². The van der Waals surface area contributed by atoms with Crippen molar-refractivity contribution in [3.8, 4) is 11.1 Å². The van der Waals surface area contributed by atoms with Crippen LogP contribution in [0.15, 0.2) is 36.7 Å². The van der Waals surface area contributed by atoms with Crippen LogP contribution >= 0.6 is 0 Å². The molecule has 1 amide bonds. The molecule has 0 unspecified atom stereocenters. The monoisotopic (exact) mass is 390 g/mol. The first-order valence-electron chi connectivity index (χ1n) is 10.5. The number of nitrogens with one attached hydrogen (secondary N) is 3. The maximum atomic E-state index is 12.8. The van der Waals surface area contributed by atoms with Crippen molar-refractivity contribution in [1.82, 2.24) is 25.8 Å². The Balaban J connectivity index is 1.43. The molecule has 2 saturated heterocycles. The molecule has 7 heteroatoms. The standard InChI is InChI=1S/C22H26N6O/c29-22(25-17-5-7-23-8-6-17)21-19-12-15(3-4-20(19)26-27-21)16-11-18(14-24-13-16)28-9-1-2-10-28/h3-4,11-14,17,23H,1-2,5-10H2,(H,25,29)(H,26,27). The number of carbonyl (C=O) groups is 1. The van der Waals surface area contributed by atoms with Gasteiger partial charge in [-0.1, -0.05) is 6.07 Å². The van der Waals surface area contributed by atoms with Crippen LogP contribution < -0.4 is 15.5 Å². The van der Waals surface area contributed by atoms with E-state index in [9.17, 15) is 4.79 Å². The molecular weight excluding hydrogens is 364 g/mol. The summed E-state index contributed by atoms with van der Waals surface area (Å²) in [6.07, 6.45) is 8.20. The van der Waals surface area contributed by atoms with Gasteiger partial charge in [-0.15, -0.1) is 0 Å². The highest BCUT2D eigenvalue weighted by molar-refractivity contribution is 6.05. The van der Waals surface area contributed by atoms with Crippen LogP contribution in [0.3, 0.4) is 0 Å². The molecule has 4 heterocycles. The van der Waals surface area contributed by atoms with Gasteiger partial charge in [-0.05, 0) is 62.5 Å². The molecule has 0 saturated carbocycles. The van der Waals surface area contributed by atoms with Crippen LogP contribution in [-0.4, -0.2) is 53.3 Å². The molecule has 0 bridgehead atoms. The molecule has 0 spiro atoms. The highest BCUT2D eigenvalue weighted by Gasteiger charge is 2.20. The Morgan fingerprint density at radius 2 is 1.90 bits per heavy atom. The first kappa shape index (κ1) is 18.1. The quantitative estimate of drug-likeness (QED) is 0.638. The molecule has 2 fully saturated rings. The Morgan fingerprint density at radius 1 is 1.07 bits per heavy atom. The summed E-state index contributed by atoms with van der Waals surface area (Å²) in [6, 6.07) is 8.48. The van der Waals surface area contributed by atoms with Crippen molar-refractivity contribution in [3.63, 3.8) is 0 Å². The Bertz CT molecular complexity index is 1020. The van der Waals surface area contributed by atoms with Crippen LogP contribution in [0.25, 0.3) is 22.0 Å². The number of rotatable bonds is 4. The molecule has 0 aliphatic carbocycles. The fraction of sp³-hybridized carbons (Fsp3) is 0.409. The van der Waals surface area contributed by atoms with Crippen molar-refractivity contribution in [2.24, 2.45) is 0 Å². The number of fused-ring (bicyclic) bond motifs is 1. The number of benzene rings is 1. The summed E-state index contributed by atoms with van der Waals surface area (Å²) >= 11 is 0. The molecule has 3 N–H and O–H groups in total. The minimum absolute atomic E-state index is 0.107. The highest BCUT2D eigenvalue weighted by atomic mass is 16.2. The SMILES string of the molecule is O=C(NC1CCNCC1)c1n[nH]c2ccc(-c3cncc(N4CCCC4)c3)cc12. The average Bonchev–Trinajstić information content (AvgIpc) is 3.44. The van der Waals surface area contributed by atoms with E-state index in [4.69, 9.17) is 0 Å². The molecule has 2 aliphatic heterocycles. The predicted molar refractivity (Wildman–Crippen MR) is 114 cm³/mol. The smallest absolute Gasteiger partial charge is 0.272 e. The first-order chi connectivity index (χ1) is 14.3. The zero-order valence-electron chi connectivity index (χ0n) is 16.4. The van der Waals surface area contributed by atoms with E-state index in [1.54, 1.807) is 0 Å². The molecule has 2 aromatic heterocycles. The third-order valence-electron chi connectivity index (χ3n) is 5.98. The van der Waals surface area contributed by atoms with Gasteiger partial charge < -0.3 is 15.5 Å². The van der Waals surface area contributed by atoms with Crippen molar-refractivity contribution in [2.75, 3.05) is 31.1 Å². The lowest BCUT2D eigenvalue weighted by atomic mass is 10.0. The Hall–Kier alpha value is -2.93. The predicted octanol–water partition coefficient (Wildman–Crippen LogP) is 2.71. The molecule has 1 aromatic carbocycles. The van der Waals surface area contributed by atoms with Gasteiger partial charge in [0.2, 0.25) is 0 Å². The molecule has 5 rings (SSSR count). The Kier molecular flexibility index (Phi) is 4.89. The van der Waals surface area contributed by atoms with Gasteiger partial charge in [0.25, 0.3) is 5.91 Å². The minimum atomic E-state index is -0.107. The summed E-state index contributed by atoms with van der Waals surface area (Å²) in [5.41, 5.74) is 4.60. The van der Waals surface area contributed by atoms with E-state index in [0.717, 1.165) is 66.7 Å². The number of H-pyrrole nitrogens is 1. The maximum Gasteiger partial charge on any atom is 0.272 e. The highest BCUT2D eigenvalue weighted by Crippen LogP contribution is 2.29. The average molecular weight is 390 g/mol. The third-order valence-corrected chi connectivity index (χ3v) is 5.98. The number of nitrogens with zero attached hydrogens (tertiary/aromatic N) is 3. The lowest BCUT2D eigenvalue weighted by molar-refractivity contribution is 0.0926.